The Hall–Kier alpha value is -1.26. The third kappa shape index (κ3) is 7.39. The Bertz CT molecular complexity index is 717. The molecule has 5 heteroatoms. The summed E-state index contributed by atoms with van der Waals surface area (Å²) in [6.07, 6.45) is 8.07. The van der Waals surface area contributed by atoms with Gasteiger partial charge in [-0.25, -0.2) is 4.79 Å². The number of carbonyl (C=O) groups is 1. The van der Waals surface area contributed by atoms with Crippen LogP contribution in [0.15, 0.2) is 18.2 Å². The summed E-state index contributed by atoms with van der Waals surface area (Å²) in [5, 5.41) is 0.835. The maximum absolute atomic E-state index is 12.4. The van der Waals surface area contributed by atoms with E-state index >= 15 is 0 Å². The number of hydrogen-bond donors (Lipinski definition) is 0. The normalized spacial score (nSPS) is 19.6. The van der Waals surface area contributed by atoms with Gasteiger partial charge in [0.05, 0.1) is 0 Å². The van der Waals surface area contributed by atoms with Crippen molar-refractivity contribution in [2.75, 3.05) is 32.7 Å². The second-order valence-electron chi connectivity index (χ2n) is 10.5. The molecule has 0 radical (unpaired) electrons. The van der Waals surface area contributed by atoms with Crippen molar-refractivity contribution in [3.05, 3.63) is 34.3 Å². The summed E-state index contributed by atoms with van der Waals surface area (Å²) in [5.41, 5.74) is 2.41. The minimum Gasteiger partial charge on any atom is -0.444 e. The number of ether oxygens (including phenoxy) is 1. The number of halogens is 1. The van der Waals surface area contributed by atoms with Gasteiger partial charge in [0, 0.05) is 24.7 Å². The highest BCUT2D eigenvalue weighted by Crippen LogP contribution is 2.34. The minimum absolute atomic E-state index is 0.184. The number of benzene rings is 1. The Kier molecular flexibility index (Phi) is 8.69. The molecule has 1 atom stereocenters. The molecule has 0 aromatic heterocycles. The minimum atomic E-state index is -0.444. The molecule has 1 unspecified atom stereocenters. The number of carbonyl (C=O) groups excluding carboxylic acids is 1. The van der Waals surface area contributed by atoms with Gasteiger partial charge in [-0.15, -0.1) is 0 Å². The van der Waals surface area contributed by atoms with E-state index in [0.717, 1.165) is 37.4 Å². The summed E-state index contributed by atoms with van der Waals surface area (Å²) in [6.45, 7) is 13.3. The molecule has 174 valence electrons. The Morgan fingerprint density at radius 2 is 1.84 bits per heavy atom. The standard InChI is InChI=1S/C26H41ClN2O2/c1-5-8-20(19-28-13-6-7-14-28)17-22-18-23(27)9-10-24(22)21-11-15-29(16-12-21)25(30)31-26(2,3)4/h9-10,18,20-21H,5-8,11-17,19H2,1-4H3. The van der Waals surface area contributed by atoms with Gasteiger partial charge in [0.25, 0.3) is 0 Å². The molecule has 0 saturated carbocycles. The zero-order valence-corrected chi connectivity index (χ0v) is 20.7. The first kappa shape index (κ1) is 24.4. The molecular weight excluding hydrogens is 408 g/mol. The Morgan fingerprint density at radius 1 is 1.16 bits per heavy atom. The number of piperidine rings is 1. The maximum atomic E-state index is 12.4. The third-order valence-corrected chi connectivity index (χ3v) is 6.85. The quantitative estimate of drug-likeness (QED) is 0.476. The van der Waals surface area contributed by atoms with Gasteiger partial charge in [0.2, 0.25) is 0 Å². The highest BCUT2D eigenvalue weighted by molar-refractivity contribution is 6.30. The van der Waals surface area contributed by atoms with E-state index in [1.807, 2.05) is 31.7 Å². The van der Waals surface area contributed by atoms with Crippen LogP contribution in [0.4, 0.5) is 4.79 Å². The smallest absolute Gasteiger partial charge is 0.410 e. The number of likely N-dealkylation sites (tertiary alicyclic amines) is 2. The van der Waals surface area contributed by atoms with E-state index in [4.69, 9.17) is 16.3 Å². The van der Waals surface area contributed by atoms with Crippen molar-refractivity contribution >= 4 is 17.7 Å². The largest absolute Gasteiger partial charge is 0.444 e. The molecule has 0 aliphatic carbocycles. The molecule has 2 saturated heterocycles. The molecule has 4 nitrogen and oxygen atoms in total. The summed E-state index contributed by atoms with van der Waals surface area (Å²) in [5.74, 6) is 1.17. The molecule has 0 N–H and O–H groups in total. The number of nitrogens with zero attached hydrogens (tertiary/aromatic N) is 2. The molecule has 2 aliphatic heterocycles. The van der Waals surface area contributed by atoms with Crippen LogP contribution in [0, 0.1) is 5.92 Å². The lowest BCUT2D eigenvalue weighted by Crippen LogP contribution is -2.41. The van der Waals surface area contributed by atoms with Crippen molar-refractivity contribution in [1.82, 2.24) is 9.80 Å². The predicted molar refractivity (Wildman–Crippen MR) is 129 cm³/mol. The highest BCUT2D eigenvalue weighted by atomic mass is 35.5. The molecule has 0 bridgehead atoms. The zero-order chi connectivity index (χ0) is 22.4. The highest BCUT2D eigenvalue weighted by Gasteiger charge is 2.29. The first-order valence-corrected chi connectivity index (χ1v) is 12.6. The van der Waals surface area contributed by atoms with Crippen molar-refractivity contribution < 1.29 is 9.53 Å². The van der Waals surface area contributed by atoms with E-state index in [-0.39, 0.29) is 6.09 Å². The van der Waals surface area contributed by atoms with Crippen LogP contribution in [0.5, 0.6) is 0 Å². The molecule has 1 amide bonds. The van der Waals surface area contributed by atoms with E-state index in [0.29, 0.717) is 11.8 Å². The first-order chi connectivity index (χ1) is 14.7. The van der Waals surface area contributed by atoms with E-state index < -0.39 is 5.60 Å². The summed E-state index contributed by atoms with van der Waals surface area (Å²) >= 11 is 6.43. The van der Waals surface area contributed by atoms with Crippen molar-refractivity contribution in [2.45, 2.75) is 84.2 Å². The lowest BCUT2D eigenvalue weighted by atomic mass is 9.83. The Labute approximate surface area is 194 Å². The summed E-state index contributed by atoms with van der Waals surface area (Å²) in [6, 6.07) is 6.48. The van der Waals surface area contributed by atoms with E-state index in [2.05, 4.69) is 24.0 Å². The van der Waals surface area contributed by atoms with E-state index in [9.17, 15) is 4.79 Å². The van der Waals surface area contributed by atoms with Crippen LogP contribution in [0.2, 0.25) is 5.02 Å². The molecule has 2 aliphatic rings. The summed E-state index contributed by atoms with van der Waals surface area (Å²) in [4.78, 5) is 16.9. The predicted octanol–water partition coefficient (Wildman–Crippen LogP) is 6.51. The fourth-order valence-electron chi connectivity index (χ4n) is 5.16. The van der Waals surface area contributed by atoms with Crippen LogP contribution in [-0.2, 0) is 11.2 Å². The molecule has 2 fully saturated rings. The number of amides is 1. The molecule has 1 aromatic rings. The van der Waals surface area contributed by atoms with Gasteiger partial charge < -0.3 is 14.5 Å². The summed E-state index contributed by atoms with van der Waals surface area (Å²) in [7, 11) is 0. The van der Waals surface area contributed by atoms with Gasteiger partial charge in [-0.1, -0.05) is 31.0 Å². The zero-order valence-electron chi connectivity index (χ0n) is 20.0. The van der Waals surface area contributed by atoms with E-state index in [1.165, 1.54) is 56.4 Å². The van der Waals surface area contributed by atoms with Crippen molar-refractivity contribution in [2.24, 2.45) is 5.92 Å². The van der Waals surface area contributed by atoms with Gasteiger partial charge in [-0.3, -0.25) is 0 Å². The third-order valence-electron chi connectivity index (χ3n) is 6.61. The van der Waals surface area contributed by atoms with Crippen molar-refractivity contribution in [3.63, 3.8) is 0 Å². The molecule has 1 aromatic carbocycles. The van der Waals surface area contributed by atoms with Crippen LogP contribution in [0.1, 0.15) is 83.3 Å². The SMILES string of the molecule is CCCC(Cc1cc(Cl)ccc1C1CCN(C(=O)OC(C)(C)C)CC1)CN1CCCC1. The average Bonchev–Trinajstić information content (AvgIpc) is 3.20. The molecular formula is C26H41ClN2O2. The van der Waals surface area contributed by atoms with Gasteiger partial charge in [-0.05, 0) is 107 Å². The molecule has 31 heavy (non-hydrogen) atoms. The number of hydrogen-bond acceptors (Lipinski definition) is 3. The van der Waals surface area contributed by atoms with E-state index in [1.54, 1.807) is 0 Å². The molecule has 2 heterocycles. The Balaban J connectivity index is 1.66. The lowest BCUT2D eigenvalue weighted by Gasteiger charge is -2.34. The van der Waals surface area contributed by atoms with Crippen LogP contribution >= 0.6 is 11.6 Å². The Morgan fingerprint density at radius 3 is 2.45 bits per heavy atom. The maximum Gasteiger partial charge on any atom is 0.410 e. The van der Waals surface area contributed by atoms with Crippen molar-refractivity contribution in [3.8, 4) is 0 Å². The second-order valence-corrected chi connectivity index (χ2v) is 10.9. The van der Waals surface area contributed by atoms with Crippen LogP contribution in [-0.4, -0.2) is 54.2 Å². The van der Waals surface area contributed by atoms with Gasteiger partial charge in [0.15, 0.2) is 0 Å². The average molecular weight is 449 g/mol. The van der Waals surface area contributed by atoms with Crippen LogP contribution in [0.25, 0.3) is 0 Å². The van der Waals surface area contributed by atoms with Crippen molar-refractivity contribution in [1.29, 1.82) is 0 Å². The summed E-state index contributed by atoms with van der Waals surface area (Å²) < 4.78 is 5.57. The first-order valence-electron chi connectivity index (χ1n) is 12.2. The van der Waals surface area contributed by atoms with Gasteiger partial charge >= 0.3 is 6.09 Å². The number of rotatable bonds is 7. The second kappa shape index (κ2) is 11.0. The van der Waals surface area contributed by atoms with Crippen LogP contribution in [0.3, 0.4) is 0 Å². The van der Waals surface area contributed by atoms with Crippen LogP contribution < -0.4 is 0 Å². The lowest BCUT2D eigenvalue weighted by molar-refractivity contribution is 0.0204. The fourth-order valence-corrected chi connectivity index (χ4v) is 5.35. The fraction of sp³-hybridized carbons (Fsp3) is 0.731. The van der Waals surface area contributed by atoms with Gasteiger partial charge in [-0.2, -0.15) is 0 Å². The molecule has 3 rings (SSSR count). The monoisotopic (exact) mass is 448 g/mol. The van der Waals surface area contributed by atoms with Gasteiger partial charge in [0.1, 0.15) is 5.60 Å². The molecule has 0 spiro atoms. The topological polar surface area (TPSA) is 32.8 Å².